The van der Waals surface area contributed by atoms with Crippen molar-refractivity contribution in [2.24, 2.45) is 7.05 Å². The molecule has 0 radical (unpaired) electrons. The van der Waals surface area contributed by atoms with Crippen molar-refractivity contribution < 1.29 is 5.11 Å². The number of aliphatic hydroxyl groups is 1. The van der Waals surface area contributed by atoms with Crippen LogP contribution in [-0.2, 0) is 7.05 Å². The number of anilines is 3. The zero-order valence-corrected chi connectivity index (χ0v) is 15.7. The molecule has 1 aliphatic rings. The lowest BCUT2D eigenvalue weighted by molar-refractivity contribution is 0.126. The van der Waals surface area contributed by atoms with Gasteiger partial charge >= 0.3 is 0 Å². The predicted molar refractivity (Wildman–Crippen MR) is 109 cm³/mol. The number of aryl methyl sites for hydroxylation is 1. The van der Waals surface area contributed by atoms with Gasteiger partial charge in [0.15, 0.2) is 5.65 Å². The Morgan fingerprint density at radius 2 is 1.96 bits per heavy atom. The van der Waals surface area contributed by atoms with Gasteiger partial charge < -0.3 is 15.7 Å². The monoisotopic (exact) mass is 377 g/mol. The van der Waals surface area contributed by atoms with Crippen LogP contribution in [0.15, 0.2) is 42.6 Å². The molecule has 3 heterocycles. The van der Waals surface area contributed by atoms with Crippen LogP contribution in [0.2, 0.25) is 0 Å². The third kappa shape index (κ3) is 3.16. The van der Waals surface area contributed by atoms with E-state index in [-0.39, 0.29) is 6.10 Å². The van der Waals surface area contributed by atoms with E-state index >= 15 is 0 Å². The molecule has 0 amide bonds. The second-order valence-corrected chi connectivity index (χ2v) is 7.43. The molecule has 3 N–H and O–H groups in total. The van der Waals surface area contributed by atoms with Crippen LogP contribution in [0.1, 0.15) is 25.7 Å². The number of aromatic nitrogens is 5. The average molecular weight is 377 g/mol. The molecule has 0 spiro atoms. The molecule has 5 rings (SSSR count). The van der Waals surface area contributed by atoms with Gasteiger partial charge in [0.05, 0.1) is 17.8 Å². The Hall–Kier alpha value is -3.13. The minimum Gasteiger partial charge on any atom is -0.393 e. The molecule has 3 aromatic heterocycles. The smallest absolute Gasteiger partial charge is 0.247 e. The van der Waals surface area contributed by atoms with E-state index in [1.807, 2.05) is 58.8 Å². The van der Waals surface area contributed by atoms with Crippen molar-refractivity contribution >= 4 is 34.0 Å². The molecule has 8 heteroatoms. The van der Waals surface area contributed by atoms with Crippen LogP contribution in [-0.4, -0.2) is 41.6 Å². The van der Waals surface area contributed by atoms with E-state index in [1.165, 1.54) is 0 Å². The fourth-order valence-electron chi connectivity index (χ4n) is 3.87. The number of benzene rings is 1. The third-order valence-electron chi connectivity index (χ3n) is 5.41. The van der Waals surface area contributed by atoms with Gasteiger partial charge in [0, 0.05) is 24.2 Å². The van der Waals surface area contributed by atoms with Crippen LogP contribution in [0.25, 0.3) is 16.6 Å². The van der Waals surface area contributed by atoms with Gasteiger partial charge in [0.1, 0.15) is 5.82 Å². The van der Waals surface area contributed by atoms with Crippen LogP contribution in [0.5, 0.6) is 0 Å². The first-order valence-electron chi connectivity index (χ1n) is 9.65. The molecular weight excluding hydrogens is 354 g/mol. The first-order valence-corrected chi connectivity index (χ1v) is 9.65. The van der Waals surface area contributed by atoms with E-state index < -0.39 is 0 Å². The molecule has 8 nitrogen and oxygen atoms in total. The van der Waals surface area contributed by atoms with E-state index in [2.05, 4.69) is 25.8 Å². The Kier molecular flexibility index (Phi) is 4.12. The van der Waals surface area contributed by atoms with Crippen molar-refractivity contribution in [3.63, 3.8) is 0 Å². The molecule has 0 saturated heterocycles. The lowest BCUT2D eigenvalue weighted by Crippen LogP contribution is -2.29. The normalized spacial score (nSPS) is 19.9. The van der Waals surface area contributed by atoms with Gasteiger partial charge in [0.25, 0.3) is 0 Å². The molecule has 1 fully saturated rings. The van der Waals surface area contributed by atoms with Gasteiger partial charge in [-0.2, -0.15) is 14.6 Å². The third-order valence-corrected chi connectivity index (χ3v) is 5.41. The van der Waals surface area contributed by atoms with Gasteiger partial charge in [0.2, 0.25) is 5.95 Å². The van der Waals surface area contributed by atoms with Crippen LogP contribution < -0.4 is 10.6 Å². The van der Waals surface area contributed by atoms with Crippen LogP contribution in [0, 0.1) is 0 Å². The lowest BCUT2D eigenvalue weighted by atomic mass is 9.93. The highest BCUT2D eigenvalue weighted by molar-refractivity contribution is 5.83. The lowest BCUT2D eigenvalue weighted by Gasteiger charge is -2.26. The molecule has 0 unspecified atom stereocenters. The van der Waals surface area contributed by atoms with Gasteiger partial charge in [-0.1, -0.05) is 6.07 Å². The van der Waals surface area contributed by atoms with Crippen molar-refractivity contribution in [3.05, 3.63) is 42.6 Å². The number of pyridine rings is 1. The summed E-state index contributed by atoms with van der Waals surface area (Å²) in [6, 6.07) is 12.4. The molecular formula is C20H23N7O. The molecule has 1 saturated carbocycles. The van der Waals surface area contributed by atoms with Gasteiger partial charge in [-0.3, -0.25) is 4.68 Å². The van der Waals surface area contributed by atoms with Crippen LogP contribution >= 0.6 is 0 Å². The molecule has 4 aromatic rings. The van der Waals surface area contributed by atoms with Crippen LogP contribution in [0.4, 0.5) is 17.5 Å². The summed E-state index contributed by atoms with van der Waals surface area (Å²) in [5, 5.41) is 26.5. The summed E-state index contributed by atoms with van der Waals surface area (Å²) in [4.78, 5) is 4.60. The molecule has 1 aliphatic carbocycles. The summed E-state index contributed by atoms with van der Waals surface area (Å²) < 4.78 is 3.68. The van der Waals surface area contributed by atoms with Gasteiger partial charge in [-0.15, -0.1) is 5.10 Å². The second-order valence-electron chi connectivity index (χ2n) is 7.43. The molecule has 144 valence electrons. The standard InChI is InChI=1S/C20H23N7O/c1-26-17-10-7-15(11-13(17)12-21-26)23-20-24-19-4-2-3-18(27(19)25-20)22-14-5-8-16(28)9-6-14/h2-4,7,10-12,14,16,22,28H,5-6,8-9H2,1H3,(H,23,25). The maximum Gasteiger partial charge on any atom is 0.247 e. The van der Waals surface area contributed by atoms with Crippen molar-refractivity contribution in [3.8, 4) is 0 Å². The molecule has 0 atom stereocenters. The van der Waals surface area contributed by atoms with Crippen molar-refractivity contribution in [1.29, 1.82) is 0 Å². The van der Waals surface area contributed by atoms with Crippen molar-refractivity contribution in [2.75, 3.05) is 10.6 Å². The first-order chi connectivity index (χ1) is 13.7. The summed E-state index contributed by atoms with van der Waals surface area (Å²) in [5.74, 6) is 1.47. The largest absolute Gasteiger partial charge is 0.393 e. The minimum absolute atomic E-state index is 0.159. The Balaban J connectivity index is 1.39. The van der Waals surface area contributed by atoms with E-state index in [9.17, 15) is 5.11 Å². The number of hydrogen-bond acceptors (Lipinski definition) is 6. The Morgan fingerprint density at radius 3 is 2.82 bits per heavy atom. The number of hydrogen-bond donors (Lipinski definition) is 3. The Bertz CT molecular complexity index is 1120. The Morgan fingerprint density at radius 1 is 1.11 bits per heavy atom. The summed E-state index contributed by atoms with van der Waals surface area (Å²) in [7, 11) is 1.93. The average Bonchev–Trinajstić information content (AvgIpc) is 3.27. The summed E-state index contributed by atoms with van der Waals surface area (Å²) in [6.07, 6.45) is 5.29. The topological polar surface area (TPSA) is 92.3 Å². The quantitative estimate of drug-likeness (QED) is 0.506. The van der Waals surface area contributed by atoms with E-state index in [0.29, 0.717) is 12.0 Å². The highest BCUT2D eigenvalue weighted by atomic mass is 16.3. The second kappa shape index (κ2) is 6.79. The first kappa shape index (κ1) is 17.0. The molecule has 0 aliphatic heterocycles. The van der Waals surface area contributed by atoms with E-state index in [1.54, 1.807) is 0 Å². The fraction of sp³-hybridized carbons (Fsp3) is 0.350. The van der Waals surface area contributed by atoms with Gasteiger partial charge in [-0.25, -0.2) is 0 Å². The maximum absolute atomic E-state index is 9.71. The summed E-state index contributed by atoms with van der Waals surface area (Å²) >= 11 is 0. The highest BCUT2D eigenvalue weighted by Crippen LogP contribution is 2.24. The van der Waals surface area contributed by atoms with Crippen LogP contribution in [0.3, 0.4) is 0 Å². The van der Waals surface area contributed by atoms with Crippen molar-refractivity contribution in [2.45, 2.75) is 37.8 Å². The van der Waals surface area contributed by atoms with Gasteiger partial charge in [-0.05, 0) is 56.0 Å². The zero-order chi connectivity index (χ0) is 19.1. The number of aliphatic hydroxyl groups excluding tert-OH is 1. The Labute approximate surface area is 162 Å². The summed E-state index contributed by atoms with van der Waals surface area (Å²) in [5.41, 5.74) is 2.79. The maximum atomic E-state index is 9.71. The summed E-state index contributed by atoms with van der Waals surface area (Å²) in [6.45, 7) is 0. The fourth-order valence-corrected chi connectivity index (χ4v) is 3.87. The number of rotatable bonds is 4. The molecule has 28 heavy (non-hydrogen) atoms. The minimum atomic E-state index is -0.159. The van der Waals surface area contributed by atoms with E-state index in [4.69, 9.17) is 0 Å². The van der Waals surface area contributed by atoms with Crippen molar-refractivity contribution in [1.82, 2.24) is 24.4 Å². The molecule has 0 bridgehead atoms. The number of nitrogens with one attached hydrogen (secondary N) is 2. The van der Waals surface area contributed by atoms with E-state index in [0.717, 1.165) is 53.7 Å². The zero-order valence-electron chi connectivity index (χ0n) is 15.7. The molecule has 1 aromatic carbocycles. The number of nitrogens with zero attached hydrogens (tertiary/aromatic N) is 5. The predicted octanol–water partition coefficient (Wildman–Crippen LogP) is 3.08. The SMILES string of the molecule is Cn1ncc2cc(Nc3nc4cccc(NC5CCC(O)CC5)n4n3)ccc21. The number of fused-ring (bicyclic) bond motifs is 2. The highest BCUT2D eigenvalue weighted by Gasteiger charge is 2.20.